The van der Waals surface area contributed by atoms with E-state index in [2.05, 4.69) is 16.2 Å². The number of thiophene rings is 1. The lowest BCUT2D eigenvalue weighted by Gasteiger charge is -2.10. The number of ether oxygens (including phenoxy) is 1. The summed E-state index contributed by atoms with van der Waals surface area (Å²) in [6, 6.07) is 13.3. The number of benzene rings is 1. The summed E-state index contributed by atoms with van der Waals surface area (Å²) in [4.78, 5) is 24.8. The fourth-order valence-corrected chi connectivity index (χ4v) is 3.15. The molecule has 1 fully saturated rings. The molecule has 0 spiro atoms. The van der Waals surface area contributed by atoms with Gasteiger partial charge in [-0.2, -0.15) is 0 Å². The molecule has 0 radical (unpaired) electrons. The molecule has 3 N–H and O–H groups in total. The first kappa shape index (κ1) is 16.6. The molecule has 2 heterocycles. The van der Waals surface area contributed by atoms with Crippen molar-refractivity contribution in [3.05, 3.63) is 58.3 Å². The Morgan fingerprint density at radius 2 is 2.00 bits per heavy atom. The van der Waals surface area contributed by atoms with E-state index >= 15 is 0 Å². The van der Waals surface area contributed by atoms with Gasteiger partial charge in [-0.1, -0.05) is 36.4 Å². The number of carbonyl (C=O) groups is 2. The van der Waals surface area contributed by atoms with E-state index in [4.69, 9.17) is 4.74 Å². The number of amides is 1. The van der Waals surface area contributed by atoms with Crippen molar-refractivity contribution < 1.29 is 14.3 Å². The van der Waals surface area contributed by atoms with Crippen molar-refractivity contribution in [1.29, 1.82) is 0 Å². The normalized spacial score (nSPS) is 19.8. The first-order valence-corrected chi connectivity index (χ1v) is 8.62. The second kappa shape index (κ2) is 8.05. The average Bonchev–Trinajstić information content (AvgIpc) is 3.30. The van der Waals surface area contributed by atoms with Crippen LogP contribution < -0.4 is 16.2 Å². The van der Waals surface area contributed by atoms with Gasteiger partial charge < -0.3 is 10.1 Å². The van der Waals surface area contributed by atoms with Crippen LogP contribution in [0.2, 0.25) is 0 Å². The van der Waals surface area contributed by atoms with Crippen LogP contribution in [-0.4, -0.2) is 24.5 Å². The number of hydrogen-bond donors (Lipinski definition) is 3. The van der Waals surface area contributed by atoms with E-state index in [1.807, 2.05) is 47.8 Å². The van der Waals surface area contributed by atoms with Crippen LogP contribution >= 0.6 is 11.3 Å². The van der Waals surface area contributed by atoms with E-state index in [9.17, 15) is 9.59 Å². The van der Waals surface area contributed by atoms with Crippen molar-refractivity contribution >= 4 is 23.2 Å². The van der Waals surface area contributed by atoms with Crippen LogP contribution in [0.5, 0.6) is 0 Å². The molecule has 1 aromatic carbocycles. The first-order chi connectivity index (χ1) is 11.7. The second-order valence-corrected chi connectivity index (χ2v) is 6.54. The van der Waals surface area contributed by atoms with E-state index in [1.54, 1.807) is 11.3 Å². The predicted molar refractivity (Wildman–Crippen MR) is 91.0 cm³/mol. The van der Waals surface area contributed by atoms with E-state index in [-0.39, 0.29) is 18.6 Å². The molecule has 1 amide bonds. The molecule has 2 aromatic rings. The maximum Gasteiger partial charge on any atom is 0.325 e. The highest BCUT2D eigenvalue weighted by Crippen LogP contribution is 2.22. The van der Waals surface area contributed by atoms with E-state index in [1.165, 1.54) is 0 Å². The fourth-order valence-electron chi connectivity index (χ4n) is 2.50. The molecule has 1 aliphatic rings. The maximum absolute atomic E-state index is 12.1. The molecule has 1 aliphatic heterocycles. The van der Waals surface area contributed by atoms with Crippen LogP contribution in [0.3, 0.4) is 0 Å². The minimum atomic E-state index is -0.458. The average molecular weight is 345 g/mol. The Hall–Kier alpha value is -2.22. The zero-order chi connectivity index (χ0) is 16.8. The summed E-state index contributed by atoms with van der Waals surface area (Å²) in [6.45, 7) is 0.186. The molecular weight excluding hydrogens is 326 g/mol. The van der Waals surface area contributed by atoms with Gasteiger partial charge in [0.2, 0.25) is 0 Å². The minimum absolute atomic E-state index is 0.0522. The number of rotatable bonds is 6. The number of carbonyl (C=O) groups excluding carboxylic acids is 2. The number of nitrogens with one attached hydrogen (secondary N) is 3. The Morgan fingerprint density at radius 3 is 2.75 bits per heavy atom. The van der Waals surface area contributed by atoms with Gasteiger partial charge in [0.05, 0.1) is 6.54 Å². The molecule has 1 saturated heterocycles. The molecule has 2 unspecified atom stereocenters. The van der Waals surface area contributed by atoms with Gasteiger partial charge in [0.15, 0.2) is 6.61 Å². The summed E-state index contributed by atoms with van der Waals surface area (Å²) in [5, 5.41) is 4.67. The molecule has 7 heteroatoms. The van der Waals surface area contributed by atoms with E-state index < -0.39 is 12.0 Å². The molecule has 6 nitrogen and oxygen atoms in total. The van der Waals surface area contributed by atoms with Crippen molar-refractivity contribution in [3.63, 3.8) is 0 Å². The molecule has 1 aromatic heterocycles. The molecule has 126 valence electrons. The molecule has 3 rings (SSSR count). The van der Waals surface area contributed by atoms with Crippen molar-refractivity contribution in [3.8, 4) is 0 Å². The summed E-state index contributed by atoms with van der Waals surface area (Å²) >= 11 is 1.57. The number of hydrazine groups is 1. The maximum atomic E-state index is 12.1. The Morgan fingerprint density at radius 1 is 1.17 bits per heavy atom. The van der Waals surface area contributed by atoms with Gasteiger partial charge >= 0.3 is 5.97 Å². The third kappa shape index (κ3) is 4.41. The quantitative estimate of drug-likeness (QED) is 0.692. The lowest BCUT2D eigenvalue weighted by Crippen LogP contribution is -2.39. The Kier molecular flexibility index (Phi) is 5.58. The Bertz CT molecular complexity index is 676. The lowest BCUT2D eigenvalue weighted by molar-refractivity contribution is -0.150. The highest BCUT2D eigenvalue weighted by molar-refractivity contribution is 7.09. The highest BCUT2D eigenvalue weighted by Gasteiger charge is 2.31. The van der Waals surface area contributed by atoms with Crippen LogP contribution in [-0.2, 0) is 20.9 Å². The van der Waals surface area contributed by atoms with E-state index in [0.717, 1.165) is 10.4 Å². The Balaban J connectivity index is 1.40. The molecule has 2 atom stereocenters. The van der Waals surface area contributed by atoms with Crippen LogP contribution in [0.1, 0.15) is 22.9 Å². The standard InChI is InChI=1S/C17H19N3O3S/c21-16(18-10-13-7-4-8-24-13)11-23-17(22)15-9-14(19-20-15)12-5-2-1-3-6-12/h1-8,14-15,19-20H,9-11H2,(H,18,21). The number of hydrogen-bond acceptors (Lipinski definition) is 6. The van der Waals surface area contributed by atoms with E-state index in [0.29, 0.717) is 13.0 Å². The summed E-state index contributed by atoms with van der Waals surface area (Å²) < 4.78 is 5.09. The second-order valence-electron chi connectivity index (χ2n) is 5.50. The van der Waals surface area contributed by atoms with Gasteiger partial charge in [-0.3, -0.25) is 9.59 Å². The van der Waals surface area contributed by atoms with Gasteiger partial charge in [-0.05, 0) is 23.4 Å². The van der Waals surface area contributed by atoms with Gasteiger partial charge in [-0.25, -0.2) is 10.9 Å². The van der Waals surface area contributed by atoms with Gasteiger partial charge in [0.1, 0.15) is 6.04 Å². The SMILES string of the molecule is O=C(COC(=O)C1CC(c2ccccc2)NN1)NCc1cccs1. The van der Waals surface area contributed by atoms with Crippen LogP contribution in [0.25, 0.3) is 0 Å². The molecule has 0 bridgehead atoms. The van der Waals surface area contributed by atoms with Crippen molar-refractivity contribution in [2.24, 2.45) is 0 Å². The molecular formula is C17H19N3O3S. The van der Waals surface area contributed by atoms with Crippen molar-refractivity contribution in [2.45, 2.75) is 25.0 Å². The predicted octanol–water partition coefficient (Wildman–Crippen LogP) is 1.52. The summed E-state index contributed by atoms with van der Waals surface area (Å²) in [7, 11) is 0. The van der Waals surface area contributed by atoms with Crippen LogP contribution in [0.15, 0.2) is 47.8 Å². The third-order valence-electron chi connectivity index (χ3n) is 3.78. The van der Waals surface area contributed by atoms with Crippen LogP contribution in [0, 0.1) is 0 Å². The molecule has 24 heavy (non-hydrogen) atoms. The fraction of sp³-hybridized carbons (Fsp3) is 0.294. The monoisotopic (exact) mass is 345 g/mol. The van der Waals surface area contributed by atoms with Crippen molar-refractivity contribution in [2.75, 3.05) is 6.61 Å². The van der Waals surface area contributed by atoms with Gasteiger partial charge in [0.25, 0.3) is 5.91 Å². The zero-order valence-electron chi connectivity index (χ0n) is 13.0. The molecule has 0 aliphatic carbocycles. The summed E-state index contributed by atoms with van der Waals surface area (Å²) in [6.07, 6.45) is 0.583. The third-order valence-corrected chi connectivity index (χ3v) is 4.65. The van der Waals surface area contributed by atoms with Gasteiger partial charge in [0, 0.05) is 10.9 Å². The van der Waals surface area contributed by atoms with Gasteiger partial charge in [-0.15, -0.1) is 11.3 Å². The smallest absolute Gasteiger partial charge is 0.325 e. The summed E-state index contributed by atoms with van der Waals surface area (Å²) in [5.74, 6) is -0.727. The van der Waals surface area contributed by atoms with Crippen LogP contribution in [0.4, 0.5) is 0 Å². The molecule has 0 saturated carbocycles. The minimum Gasteiger partial charge on any atom is -0.454 e. The zero-order valence-corrected chi connectivity index (χ0v) is 13.8. The number of esters is 1. The first-order valence-electron chi connectivity index (χ1n) is 7.74. The summed E-state index contributed by atoms with van der Waals surface area (Å²) in [5.41, 5.74) is 7.12. The lowest BCUT2D eigenvalue weighted by atomic mass is 10.0. The largest absolute Gasteiger partial charge is 0.454 e. The Labute approximate surface area is 144 Å². The topological polar surface area (TPSA) is 79.5 Å². The van der Waals surface area contributed by atoms with Crippen molar-refractivity contribution in [1.82, 2.24) is 16.2 Å². The highest BCUT2D eigenvalue weighted by atomic mass is 32.1.